The molecule has 0 radical (unpaired) electrons. The van der Waals surface area contributed by atoms with Crippen LogP contribution in [0.3, 0.4) is 0 Å². The molecule has 1 aromatic heterocycles. The van der Waals surface area contributed by atoms with E-state index < -0.39 is 0 Å². The number of rotatable bonds is 4. The molecule has 0 unspecified atom stereocenters. The van der Waals surface area contributed by atoms with Gasteiger partial charge in [-0.15, -0.1) is 0 Å². The maximum Gasteiger partial charge on any atom is 0.174 e. The number of benzene rings is 1. The normalized spacial score (nSPS) is 10.3. The number of pyridine rings is 1. The third-order valence-corrected chi connectivity index (χ3v) is 4.84. The fourth-order valence-electron chi connectivity index (χ4n) is 1.38. The van der Waals surface area contributed by atoms with E-state index in [2.05, 4.69) is 36.8 Å². The van der Waals surface area contributed by atoms with Gasteiger partial charge in [0.2, 0.25) is 0 Å². The van der Waals surface area contributed by atoms with Crippen LogP contribution in [0.5, 0.6) is 0 Å². The van der Waals surface area contributed by atoms with Gasteiger partial charge in [0.1, 0.15) is 5.03 Å². The van der Waals surface area contributed by atoms with E-state index in [1.807, 2.05) is 36.4 Å². The van der Waals surface area contributed by atoms with E-state index in [0.717, 1.165) is 14.0 Å². The molecule has 0 aliphatic rings. The summed E-state index contributed by atoms with van der Waals surface area (Å²) in [4.78, 5) is 16.3. The lowest BCUT2D eigenvalue weighted by Gasteiger charge is -2.04. The van der Waals surface area contributed by atoms with Gasteiger partial charge in [0, 0.05) is 20.7 Å². The van der Waals surface area contributed by atoms with Crippen molar-refractivity contribution in [1.29, 1.82) is 0 Å². The lowest BCUT2D eigenvalue weighted by atomic mass is 10.1. The monoisotopic (exact) mass is 385 g/mol. The molecule has 18 heavy (non-hydrogen) atoms. The maximum atomic E-state index is 12.1. The van der Waals surface area contributed by atoms with Gasteiger partial charge in [0.25, 0.3) is 0 Å². The lowest BCUT2D eigenvalue weighted by molar-refractivity contribution is 0.102. The van der Waals surface area contributed by atoms with Crippen LogP contribution in [0.15, 0.2) is 56.6 Å². The Bertz CT molecular complexity index is 574. The van der Waals surface area contributed by atoms with Gasteiger partial charge in [-0.05, 0) is 34.1 Å². The van der Waals surface area contributed by atoms with Crippen LogP contribution in [0.2, 0.25) is 0 Å². The Balaban J connectivity index is 2.06. The number of halogens is 2. The van der Waals surface area contributed by atoms with E-state index in [1.54, 1.807) is 6.20 Å². The van der Waals surface area contributed by atoms with E-state index in [4.69, 9.17) is 0 Å². The predicted molar refractivity (Wildman–Crippen MR) is 81.1 cm³/mol. The molecule has 92 valence electrons. The van der Waals surface area contributed by atoms with Gasteiger partial charge in [-0.25, -0.2) is 4.98 Å². The smallest absolute Gasteiger partial charge is 0.174 e. The van der Waals surface area contributed by atoms with Crippen molar-refractivity contribution in [3.05, 3.63) is 57.1 Å². The number of carbonyl (C=O) groups excluding carboxylic acids is 1. The highest BCUT2D eigenvalue weighted by atomic mass is 79.9. The van der Waals surface area contributed by atoms with Gasteiger partial charge >= 0.3 is 0 Å². The van der Waals surface area contributed by atoms with Crippen LogP contribution in [0, 0.1) is 0 Å². The average Bonchev–Trinajstić information content (AvgIpc) is 2.38. The minimum Gasteiger partial charge on any atom is -0.293 e. The van der Waals surface area contributed by atoms with E-state index in [1.165, 1.54) is 11.8 Å². The summed E-state index contributed by atoms with van der Waals surface area (Å²) in [7, 11) is 0. The average molecular weight is 387 g/mol. The van der Waals surface area contributed by atoms with E-state index in [9.17, 15) is 4.79 Å². The van der Waals surface area contributed by atoms with Crippen molar-refractivity contribution in [2.75, 3.05) is 5.75 Å². The Hall–Kier alpha value is -0.650. The van der Waals surface area contributed by atoms with Crippen LogP contribution in [0.4, 0.5) is 0 Å². The fourth-order valence-corrected chi connectivity index (χ4v) is 3.25. The molecule has 0 amide bonds. The molecule has 0 saturated carbocycles. The second-order valence-electron chi connectivity index (χ2n) is 3.48. The summed E-state index contributed by atoms with van der Waals surface area (Å²) >= 11 is 8.23. The van der Waals surface area contributed by atoms with Crippen LogP contribution < -0.4 is 0 Å². The maximum absolute atomic E-state index is 12.1. The zero-order chi connectivity index (χ0) is 13.0. The Kier molecular flexibility index (Phi) is 4.97. The molecule has 0 aliphatic heterocycles. The van der Waals surface area contributed by atoms with Crippen molar-refractivity contribution < 1.29 is 4.79 Å². The third kappa shape index (κ3) is 3.43. The van der Waals surface area contributed by atoms with Gasteiger partial charge in [0.05, 0.1) is 5.75 Å². The first-order valence-electron chi connectivity index (χ1n) is 5.19. The van der Waals surface area contributed by atoms with E-state index >= 15 is 0 Å². The molecule has 1 heterocycles. The number of hydrogen-bond acceptors (Lipinski definition) is 3. The van der Waals surface area contributed by atoms with Crippen molar-refractivity contribution in [3.63, 3.8) is 0 Å². The summed E-state index contributed by atoms with van der Waals surface area (Å²) in [6.07, 6.45) is 1.72. The quantitative estimate of drug-likeness (QED) is 0.568. The molecule has 0 atom stereocenters. The molecule has 0 saturated heterocycles. The molecule has 2 rings (SSSR count). The Morgan fingerprint density at radius 3 is 2.56 bits per heavy atom. The molecule has 0 bridgehead atoms. The number of carbonyl (C=O) groups is 1. The van der Waals surface area contributed by atoms with Crippen molar-refractivity contribution in [3.8, 4) is 0 Å². The van der Waals surface area contributed by atoms with Crippen molar-refractivity contribution in [1.82, 2.24) is 4.98 Å². The summed E-state index contributed by atoms with van der Waals surface area (Å²) in [6, 6.07) is 11.2. The standard InChI is InChI=1S/C13H9Br2NOS/c14-10-5-2-1-4-9(10)12(17)8-18-13-11(15)6-3-7-16-13/h1-7H,8H2. The number of Topliss-reactive ketones (excluding diaryl/α,β-unsaturated/α-hetero) is 1. The lowest BCUT2D eigenvalue weighted by Crippen LogP contribution is -2.03. The minimum absolute atomic E-state index is 0.0880. The SMILES string of the molecule is O=C(CSc1ncccc1Br)c1ccccc1Br. The zero-order valence-electron chi connectivity index (χ0n) is 9.27. The fraction of sp³-hybridized carbons (Fsp3) is 0.0769. The van der Waals surface area contributed by atoms with Crippen LogP contribution in [0.1, 0.15) is 10.4 Å². The van der Waals surface area contributed by atoms with Crippen molar-refractivity contribution >= 4 is 49.4 Å². The molecule has 5 heteroatoms. The molecule has 0 N–H and O–H groups in total. The highest BCUT2D eigenvalue weighted by molar-refractivity contribution is 9.10. The summed E-state index contributed by atoms with van der Waals surface area (Å²) in [6.45, 7) is 0. The molecular weight excluding hydrogens is 378 g/mol. The number of hydrogen-bond donors (Lipinski definition) is 0. The minimum atomic E-state index is 0.0880. The third-order valence-electron chi connectivity index (χ3n) is 2.24. The first-order chi connectivity index (χ1) is 8.68. The van der Waals surface area contributed by atoms with Gasteiger partial charge in [0.15, 0.2) is 5.78 Å². The number of aromatic nitrogens is 1. The first-order valence-corrected chi connectivity index (χ1v) is 7.76. The number of thioether (sulfide) groups is 1. The van der Waals surface area contributed by atoms with Crippen molar-refractivity contribution in [2.24, 2.45) is 0 Å². The Morgan fingerprint density at radius 2 is 1.83 bits per heavy atom. The Morgan fingerprint density at radius 1 is 1.11 bits per heavy atom. The highest BCUT2D eigenvalue weighted by Crippen LogP contribution is 2.26. The topological polar surface area (TPSA) is 30.0 Å². The van der Waals surface area contributed by atoms with Crippen LogP contribution >= 0.6 is 43.6 Å². The molecule has 2 aromatic rings. The molecule has 0 fully saturated rings. The number of nitrogens with zero attached hydrogens (tertiary/aromatic N) is 1. The number of ketones is 1. The molecule has 0 spiro atoms. The van der Waals surface area contributed by atoms with E-state index in [0.29, 0.717) is 11.3 Å². The molecule has 0 aliphatic carbocycles. The van der Waals surface area contributed by atoms with Gasteiger partial charge in [-0.3, -0.25) is 4.79 Å². The van der Waals surface area contributed by atoms with Gasteiger partial charge < -0.3 is 0 Å². The first kappa shape index (κ1) is 13.8. The van der Waals surface area contributed by atoms with E-state index in [-0.39, 0.29) is 5.78 Å². The second kappa shape index (κ2) is 6.50. The highest BCUT2D eigenvalue weighted by Gasteiger charge is 2.11. The van der Waals surface area contributed by atoms with Crippen LogP contribution in [-0.4, -0.2) is 16.5 Å². The second-order valence-corrected chi connectivity index (χ2v) is 6.15. The van der Waals surface area contributed by atoms with Crippen LogP contribution in [0.25, 0.3) is 0 Å². The molecular formula is C13H9Br2NOS. The molecule has 1 aromatic carbocycles. The van der Waals surface area contributed by atoms with Gasteiger partial charge in [-0.2, -0.15) is 0 Å². The Labute approximate surface area is 126 Å². The predicted octanol–water partition coefficient (Wildman–Crippen LogP) is 4.58. The van der Waals surface area contributed by atoms with Crippen molar-refractivity contribution in [2.45, 2.75) is 5.03 Å². The molecule has 2 nitrogen and oxygen atoms in total. The zero-order valence-corrected chi connectivity index (χ0v) is 13.3. The largest absolute Gasteiger partial charge is 0.293 e. The van der Waals surface area contributed by atoms with Gasteiger partial charge in [-0.1, -0.05) is 45.9 Å². The summed E-state index contributed by atoms with van der Waals surface area (Å²) in [5.41, 5.74) is 0.706. The summed E-state index contributed by atoms with van der Waals surface area (Å²) in [5.74, 6) is 0.461. The summed E-state index contributed by atoms with van der Waals surface area (Å²) < 4.78 is 1.74. The summed E-state index contributed by atoms with van der Waals surface area (Å²) in [5, 5.41) is 0.831. The van der Waals surface area contributed by atoms with Crippen LogP contribution in [-0.2, 0) is 0 Å².